The Balaban J connectivity index is 1.36. The predicted octanol–water partition coefficient (Wildman–Crippen LogP) is 12.7. The molecule has 0 aliphatic carbocycles. The Labute approximate surface area is 300 Å². The fourth-order valence-electron chi connectivity index (χ4n) is 7.08. The van der Waals surface area contributed by atoms with Gasteiger partial charge in [-0.3, -0.25) is 14.6 Å². The van der Waals surface area contributed by atoms with E-state index in [1.165, 1.54) is 53.2 Å². The summed E-state index contributed by atoms with van der Waals surface area (Å²) in [4.78, 5) is 9.90. The van der Waals surface area contributed by atoms with Crippen molar-refractivity contribution in [1.29, 1.82) is 0 Å². The zero-order chi connectivity index (χ0) is 34.1. The highest BCUT2D eigenvalue weighted by molar-refractivity contribution is 7.26. The van der Waals surface area contributed by atoms with Crippen molar-refractivity contribution in [2.45, 2.75) is 6.54 Å². The van der Waals surface area contributed by atoms with Crippen LogP contribution >= 0.6 is 11.3 Å². The SMILES string of the molecule is C=N/C(=C\C(=NCc1ccccc1)n1c2ccc(-c3ccccc3)cc2c2ccc3c4cc(-c5ccccc5)ccc4sc3c21)c1ccccc1. The highest BCUT2D eigenvalue weighted by Crippen LogP contribution is 2.44. The van der Waals surface area contributed by atoms with Crippen molar-refractivity contribution >= 4 is 71.6 Å². The molecule has 0 saturated carbocycles. The minimum absolute atomic E-state index is 0.526. The van der Waals surface area contributed by atoms with Gasteiger partial charge in [-0.25, -0.2) is 0 Å². The second kappa shape index (κ2) is 13.2. The number of hydrogen-bond donors (Lipinski definition) is 0. The molecule has 0 unspecified atom stereocenters. The number of hydrogen-bond acceptors (Lipinski definition) is 3. The molecular weight excluding hydrogens is 639 g/mol. The van der Waals surface area contributed by atoms with Gasteiger partial charge in [-0.05, 0) is 58.8 Å². The smallest absolute Gasteiger partial charge is 0.135 e. The topological polar surface area (TPSA) is 29.6 Å². The fourth-order valence-corrected chi connectivity index (χ4v) is 8.30. The number of benzene rings is 7. The zero-order valence-electron chi connectivity index (χ0n) is 27.9. The summed E-state index contributed by atoms with van der Waals surface area (Å²) < 4.78 is 4.85. The second-order valence-electron chi connectivity index (χ2n) is 12.7. The van der Waals surface area contributed by atoms with Crippen molar-refractivity contribution in [2.75, 3.05) is 0 Å². The molecule has 0 radical (unpaired) electrons. The van der Waals surface area contributed by atoms with Crippen LogP contribution in [0.15, 0.2) is 186 Å². The number of rotatable bonds is 7. The van der Waals surface area contributed by atoms with E-state index in [1.807, 2.05) is 35.6 Å². The summed E-state index contributed by atoms with van der Waals surface area (Å²) in [6.45, 7) is 4.52. The molecule has 2 aromatic heterocycles. The van der Waals surface area contributed by atoms with E-state index in [0.29, 0.717) is 6.54 Å². The van der Waals surface area contributed by atoms with Gasteiger partial charge in [0, 0.05) is 37.9 Å². The Morgan fingerprint density at radius 3 is 1.82 bits per heavy atom. The molecule has 0 saturated heterocycles. The van der Waals surface area contributed by atoms with Crippen molar-refractivity contribution in [3.05, 3.63) is 187 Å². The van der Waals surface area contributed by atoms with Gasteiger partial charge in [-0.15, -0.1) is 11.3 Å². The molecule has 0 spiro atoms. The maximum Gasteiger partial charge on any atom is 0.135 e. The molecule has 0 N–H and O–H groups in total. The number of thiophene rings is 1. The van der Waals surface area contributed by atoms with Crippen LogP contribution in [0.1, 0.15) is 11.1 Å². The van der Waals surface area contributed by atoms with Gasteiger partial charge in [0.2, 0.25) is 0 Å². The van der Waals surface area contributed by atoms with E-state index in [4.69, 9.17) is 4.99 Å². The molecule has 9 aromatic rings. The zero-order valence-corrected chi connectivity index (χ0v) is 28.7. The molecule has 0 aliphatic rings. The molecule has 0 fully saturated rings. The van der Waals surface area contributed by atoms with Crippen molar-refractivity contribution < 1.29 is 0 Å². The molecule has 0 atom stereocenters. The number of fused-ring (bicyclic) bond motifs is 7. The fraction of sp³-hybridized carbons (Fsp3) is 0.0213. The van der Waals surface area contributed by atoms with Crippen LogP contribution in [-0.4, -0.2) is 17.1 Å². The number of aliphatic imine (C=N–C) groups is 2. The first-order valence-electron chi connectivity index (χ1n) is 17.1. The van der Waals surface area contributed by atoms with Gasteiger partial charge >= 0.3 is 0 Å². The van der Waals surface area contributed by atoms with Crippen molar-refractivity contribution in [1.82, 2.24) is 4.57 Å². The predicted molar refractivity (Wildman–Crippen MR) is 220 cm³/mol. The van der Waals surface area contributed by atoms with Crippen LogP contribution in [0.25, 0.3) is 69.9 Å². The first-order valence-corrected chi connectivity index (χ1v) is 17.9. The summed E-state index contributed by atoms with van der Waals surface area (Å²) in [6, 6.07) is 60.2. The summed E-state index contributed by atoms with van der Waals surface area (Å²) in [5, 5.41) is 4.88. The molecule has 4 heteroatoms. The van der Waals surface area contributed by atoms with E-state index in [9.17, 15) is 0 Å². The lowest BCUT2D eigenvalue weighted by molar-refractivity contribution is 1.05. The maximum atomic E-state index is 5.37. The minimum Gasteiger partial charge on any atom is -0.293 e. The highest BCUT2D eigenvalue weighted by Gasteiger charge is 2.20. The van der Waals surface area contributed by atoms with Gasteiger partial charge in [0.25, 0.3) is 0 Å². The third kappa shape index (κ3) is 5.66. The Hall–Kier alpha value is -6.36. The number of aromatic nitrogens is 1. The van der Waals surface area contributed by atoms with E-state index >= 15 is 0 Å². The molecule has 3 nitrogen and oxygen atoms in total. The van der Waals surface area contributed by atoms with Crippen LogP contribution in [0.4, 0.5) is 0 Å². The third-order valence-corrected chi connectivity index (χ3v) is 10.8. The van der Waals surface area contributed by atoms with E-state index in [2.05, 4.69) is 168 Å². The average molecular weight is 672 g/mol. The molecule has 242 valence electrons. The quantitative estimate of drug-likeness (QED) is 0.119. The van der Waals surface area contributed by atoms with Gasteiger partial charge in [-0.2, -0.15) is 0 Å². The van der Waals surface area contributed by atoms with Crippen molar-refractivity contribution in [3.8, 4) is 22.3 Å². The normalized spacial score (nSPS) is 12.3. The Morgan fingerprint density at radius 1 is 0.569 bits per heavy atom. The summed E-state index contributed by atoms with van der Waals surface area (Å²) in [5.41, 5.74) is 9.96. The maximum absolute atomic E-state index is 5.37. The number of nitrogens with zero attached hydrogens (tertiary/aromatic N) is 3. The average Bonchev–Trinajstić information content (AvgIpc) is 3.74. The van der Waals surface area contributed by atoms with Gasteiger partial charge < -0.3 is 0 Å². The molecule has 7 aromatic carbocycles. The van der Waals surface area contributed by atoms with Crippen LogP contribution < -0.4 is 0 Å². The van der Waals surface area contributed by atoms with Crippen LogP contribution in [0.5, 0.6) is 0 Å². The monoisotopic (exact) mass is 671 g/mol. The first kappa shape index (κ1) is 30.7. The second-order valence-corrected chi connectivity index (χ2v) is 13.7. The lowest BCUT2D eigenvalue weighted by atomic mass is 10.0. The lowest BCUT2D eigenvalue weighted by Gasteiger charge is -2.12. The van der Waals surface area contributed by atoms with Gasteiger partial charge in [0.15, 0.2) is 0 Å². The summed E-state index contributed by atoms with van der Waals surface area (Å²) >= 11 is 1.85. The van der Waals surface area contributed by atoms with Crippen molar-refractivity contribution in [2.24, 2.45) is 9.98 Å². The van der Waals surface area contributed by atoms with E-state index in [-0.39, 0.29) is 0 Å². The molecule has 0 bridgehead atoms. The third-order valence-electron chi connectivity index (χ3n) is 9.58. The summed E-state index contributed by atoms with van der Waals surface area (Å²) in [7, 11) is 0. The Kier molecular flexibility index (Phi) is 7.92. The van der Waals surface area contributed by atoms with Crippen LogP contribution in [0.2, 0.25) is 0 Å². The molecule has 51 heavy (non-hydrogen) atoms. The van der Waals surface area contributed by atoms with Crippen LogP contribution in [-0.2, 0) is 6.54 Å². The summed E-state index contributed by atoms with van der Waals surface area (Å²) in [6.07, 6.45) is 2.09. The molecule has 0 aliphatic heterocycles. The van der Waals surface area contributed by atoms with E-state index < -0.39 is 0 Å². The molecule has 9 rings (SSSR count). The highest BCUT2D eigenvalue weighted by atomic mass is 32.1. The Bertz CT molecular complexity index is 2760. The van der Waals surface area contributed by atoms with Crippen LogP contribution in [0, 0.1) is 0 Å². The largest absolute Gasteiger partial charge is 0.293 e. The molecule has 2 heterocycles. The number of allylic oxidation sites excluding steroid dienone is 1. The van der Waals surface area contributed by atoms with Gasteiger partial charge in [-0.1, -0.05) is 146 Å². The standard InChI is InChI=1S/C47H33N3S/c1-48-42(35-20-12-5-13-21-35)30-45(49-31-32-14-6-2-7-15-32)50-43-26-22-36(33-16-8-3-9-17-33)28-40(43)38-24-25-39-41-29-37(34-18-10-4-11-19-34)23-27-44(41)51-47(39)46(38)50/h2-30H,1,31H2/b42-30-,49-45?. The molecule has 0 amide bonds. The van der Waals surface area contributed by atoms with Crippen molar-refractivity contribution in [3.63, 3.8) is 0 Å². The minimum atomic E-state index is 0.526. The lowest BCUT2D eigenvalue weighted by Crippen LogP contribution is -2.10. The van der Waals surface area contributed by atoms with Crippen LogP contribution in [0.3, 0.4) is 0 Å². The van der Waals surface area contributed by atoms with Gasteiger partial charge in [0.1, 0.15) is 5.84 Å². The first-order chi connectivity index (χ1) is 25.2. The summed E-state index contributed by atoms with van der Waals surface area (Å²) in [5.74, 6) is 0.812. The Morgan fingerprint density at radius 2 is 1.16 bits per heavy atom. The van der Waals surface area contributed by atoms with Gasteiger partial charge in [0.05, 0.1) is 28.0 Å². The van der Waals surface area contributed by atoms with E-state index in [0.717, 1.165) is 33.7 Å². The van der Waals surface area contributed by atoms with E-state index in [1.54, 1.807) is 0 Å². The molecular formula is C47H33N3S.